The zero-order valence-electron chi connectivity index (χ0n) is 15.8. The smallest absolute Gasteiger partial charge is 0.357 e. The number of hydrogen-bond donors (Lipinski definition) is 2. The van der Waals surface area contributed by atoms with Gasteiger partial charge in [0.1, 0.15) is 5.01 Å². The average Bonchev–Trinajstić information content (AvgIpc) is 3.07. The number of piperidine rings is 1. The summed E-state index contributed by atoms with van der Waals surface area (Å²) in [5, 5.41) is 7.76. The normalized spacial score (nSPS) is 18.9. The Morgan fingerprint density at radius 2 is 2.15 bits per heavy atom. The van der Waals surface area contributed by atoms with E-state index in [-0.39, 0.29) is 30.5 Å². The largest absolute Gasteiger partial charge is 0.434 e. The number of likely N-dealkylation sites (tertiary alicyclic amines) is 1. The van der Waals surface area contributed by atoms with Gasteiger partial charge in [0.05, 0.1) is 6.54 Å². The minimum atomic E-state index is -4.40. The van der Waals surface area contributed by atoms with Crippen LogP contribution in [0.1, 0.15) is 50.2 Å². The SMILES string of the molecule is CCNC(=NCc1nc(C(F)(F)F)cs1)NCCCN1CCCCC1C.I. The predicted molar refractivity (Wildman–Crippen MR) is 115 cm³/mol. The molecule has 2 N–H and O–H groups in total. The first-order chi connectivity index (χ1) is 12.4. The van der Waals surface area contributed by atoms with Gasteiger partial charge in [-0.25, -0.2) is 9.98 Å². The van der Waals surface area contributed by atoms with Crippen LogP contribution in [0.25, 0.3) is 0 Å². The second-order valence-electron chi connectivity index (χ2n) is 6.48. The summed E-state index contributed by atoms with van der Waals surface area (Å²) in [6, 6.07) is 0.651. The van der Waals surface area contributed by atoms with Crippen molar-refractivity contribution in [1.82, 2.24) is 20.5 Å². The molecular formula is C17H29F3IN5S. The number of thiazole rings is 1. The standard InChI is InChI=1S/C17H28F3N5S.HI/c1-3-21-16(22-8-6-10-25-9-5-4-7-13(25)2)23-11-15-24-14(12-26-15)17(18,19)20;/h12-13H,3-11H2,1-2H3,(H2,21,22,23);1H. The minimum absolute atomic E-state index is 0. The van der Waals surface area contributed by atoms with Crippen LogP contribution in [0.5, 0.6) is 0 Å². The third kappa shape index (κ3) is 8.51. The van der Waals surface area contributed by atoms with E-state index in [1.165, 1.54) is 25.8 Å². The molecule has 1 unspecified atom stereocenters. The van der Waals surface area contributed by atoms with Crippen LogP contribution in [-0.4, -0.2) is 48.1 Å². The molecule has 0 aromatic carbocycles. The summed E-state index contributed by atoms with van der Waals surface area (Å²) in [6.07, 6.45) is 0.470. The van der Waals surface area contributed by atoms with Gasteiger partial charge in [0.2, 0.25) is 0 Å². The fourth-order valence-corrected chi connectivity index (χ4v) is 3.71. The van der Waals surface area contributed by atoms with E-state index in [0.29, 0.717) is 23.6 Å². The van der Waals surface area contributed by atoms with Gasteiger partial charge >= 0.3 is 6.18 Å². The Hall–Kier alpha value is -0.620. The summed E-state index contributed by atoms with van der Waals surface area (Å²) in [5.41, 5.74) is -0.846. The summed E-state index contributed by atoms with van der Waals surface area (Å²) < 4.78 is 37.8. The third-order valence-electron chi connectivity index (χ3n) is 4.41. The van der Waals surface area contributed by atoms with E-state index >= 15 is 0 Å². The van der Waals surface area contributed by atoms with Crippen molar-refractivity contribution in [3.05, 3.63) is 16.1 Å². The van der Waals surface area contributed by atoms with Crippen LogP contribution in [0.4, 0.5) is 13.2 Å². The van der Waals surface area contributed by atoms with Crippen molar-refractivity contribution < 1.29 is 13.2 Å². The first-order valence-electron chi connectivity index (χ1n) is 9.18. The van der Waals surface area contributed by atoms with E-state index in [0.717, 1.165) is 36.2 Å². The number of guanidine groups is 1. The second kappa shape index (κ2) is 12.1. The van der Waals surface area contributed by atoms with Crippen LogP contribution in [0.2, 0.25) is 0 Å². The molecule has 1 atom stereocenters. The maximum Gasteiger partial charge on any atom is 0.434 e. The average molecular weight is 519 g/mol. The molecule has 1 aromatic rings. The lowest BCUT2D eigenvalue weighted by Crippen LogP contribution is -2.41. The number of rotatable bonds is 7. The molecule has 0 bridgehead atoms. The summed E-state index contributed by atoms with van der Waals surface area (Å²) >= 11 is 0.983. The molecule has 1 aromatic heterocycles. The third-order valence-corrected chi connectivity index (χ3v) is 5.25. The van der Waals surface area contributed by atoms with Crippen molar-refractivity contribution in [3.63, 3.8) is 0 Å². The van der Waals surface area contributed by atoms with Crippen molar-refractivity contribution in [2.75, 3.05) is 26.2 Å². The number of halogens is 4. The monoisotopic (exact) mass is 519 g/mol. The highest BCUT2D eigenvalue weighted by atomic mass is 127. The number of aromatic nitrogens is 1. The number of hydrogen-bond acceptors (Lipinski definition) is 4. The summed E-state index contributed by atoms with van der Waals surface area (Å²) in [4.78, 5) is 10.5. The molecule has 5 nitrogen and oxygen atoms in total. The summed E-state index contributed by atoms with van der Waals surface area (Å²) in [6.45, 7) is 8.07. The lowest BCUT2D eigenvalue weighted by atomic mass is 10.0. The maximum atomic E-state index is 12.6. The van der Waals surface area contributed by atoms with Crippen LogP contribution < -0.4 is 10.6 Å². The lowest BCUT2D eigenvalue weighted by Gasteiger charge is -2.33. The van der Waals surface area contributed by atoms with E-state index in [2.05, 4.69) is 32.4 Å². The van der Waals surface area contributed by atoms with Crippen LogP contribution in [-0.2, 0) is 12.7 Å². The van der Waals surface area contributed by atoms with Crippen LogP contribution in [0.3, 0.4) is 0 Å². The molecule has 0 spiro atoms. The Kier molecular flexibility index (Phi) is 10.9. The molecule has 156 valence electrons. The quantitative estimate of drug-likeness (QED) is 0.247. The van der Waals surface area contributed by atoms with Crippen molar-refractivity contribution in [3.8, 4) is 0 Å². The van der Waals surface area contributed by atoms with Crippen LogP contribution in [0, 0.1) is 0 Å². The van der Waals surface area contributed by atoms with Gasteiger partial charge in [0.15, 0.2) is 11.7 Å². The Labute approximate surface area is 180 Å². The highest BCUT2D eigenvalue weighted by Crippen LogP contribution is 2.30. The van der Waals surface area contributed by atoms with Gasteiger partial charge in [-0.1, -0.05) is 6.42 Å². The predicted octanol–water partition coefficient (Wildman–Crippen LogP) is 4.10. The van der Waals surface area contributed by atoms with Crippen LogP contribution in [0.15, 0.2) is 10.4 Å². The molecule has 1 saturated heterocycles. The molecule has 2 heterocycles. The highest BCUT2D eigenvalue weighted by Gasteiger charge is 2.33. The van der Waals surface area contributed by atoms with Crippen molar-refractivity contribution >= 4 is 41.3 Å². The topological polar surface area (TPSA) is 52.6 Å². The molecule has 27 heavy (non-hydrogen) atoms. The second-order valence-corrected chi connectivity index (χ2v) is 7.42. The maximum absolute atomic E-state index is 12.6. The van der Waals surface area contributed by atoms with E-state index in [1.807, 2.05) is 6.92 Å². The fraction of sp³-hybridized carbons (Fsp3) is 0.765. The van der Waals surface area contributed by atoms with Gasteiger partial charge < -0.3 is 15.5 Å². The summed E-state index contributed by atoms with van der Waals surface area (Å²) in [7, 11) is 0. The zero-order chi connectivity index (χ0) is 19.0. The van der Waals surface area contributed by atoms with E-state index in [9.17, 15) is 13.2 Å². The van der Waals surface area contributed by atoms with Gasteiger partial charge in [0.25, 0.3) is 0 Å². The molecule has 0 saturated carbocycles. The molecule has 2 rings (SSSR count). The van der Waals surface area contributed by atoms with Gasteiger partial charge in [-0.3, -0.25) is 0 Å². The zero-order valence-corrected chi connectivity index (χ0v) is 19.0. The van der Waals surface area contributed by atoms with Gasteiger partial charge in [0, 0.05) is 31.1 Å². The van der Waals surface area contributed by atoms with Gasteiger partial charge in [-0.05, 0) is 39.7 Å². The fourth-order valence-electron chi connectivity index (χ4n) is 2.98. The first kappa shape index (κ1) is 24.4. The Bertz CT molecular complexity index is 579. The number of aliphatic imine (C=N–C) groups is 1. The molecule has 10 heteroatoms. The molecule has 1 aliphatic heterocycles. The van der Waals surface area contributed by atoms with Crippen molar-refractivity contribution in [2.45, 2.75) is 58.3 Å². The molecule has 1 aliphatic rings. The highest BCUT2D eigenvalue weighted by molar-refractivity contribution is 14.0. The first-order valence-corrected chi connectivity index (χ1v) is 10.1. The number of nitrogens with zero attached hydrogens (tertiary/aromatic N) is 3. The summed E-state index contributed by atoms with van der Waals surface area (Å²) in [5.74, 6) is 0.614. The lowest BCUT2D eigenvalue weighted by molar-refractivity contribution is -0.140. The number of alkyl halides is 3. The minimum Gasteiger partial charge on any atom is -0.357 e. The molecular weight excluding hydrogens is 490 g/mol. The van der Waals surface area contributed by atoms with Gasteiger partial charge in [-0.2, -0.15) is 13.2 Å². The van der Waals surface area contributed by atoms with Crippen LogP contribution >= 0.6 is 35.3 Å². The van der Waals surface area contributed by atoms with Crippen molar-refractivity contribution in [1.29, 1.82) is 0 Å². The molecule has 1 fully saturated rings. The Balaban J connectivity index is 0.00000364. The Morgan fingerprint density at radius 1 is 1.37 bits per heavy atom. The van der Waals surface area contributed by atoms with Crippen molar-refractivity contribution in [2.24, 2.45) is 4.99 Å². The number of nitrogens with one attached hydrogen (secondary N) is 2. The van der Waals surface area contributed by atoms with E-state index < -0.39 is 11.9 Å². The van der Waals surface area contributed by atoms with Gasteiger partial charge in [-0.15, -0.1) is 35.3 Å². The van der Waals surface area contributed by atoms with E-state index in [4.69, 9.17) is 0 Å². The molecule has 0 aliphatic carbocycles. The molecule has 0 amide bonds. The molecule has 0 radical (unpaired) electrons. The van der Waals surface area contributed by atoms with E-state index in [1.54, 1.807) is 0 Å². The Morgan fingerprint density at radius 3 is 2.78 bits per heavy atom.